The molecule has 0 fully saturated rings. The van der Waals surface area contributed by atoms with Gasteiger partial charge >= 0.3 is 0 Å². The summed E-state index contributed by atoms with van der Waals surface area (Å²) in [6.07, 6.45) is 0. The molecule has 8 nitrogen and oxygen atoms in total. The van der Waals surface area contributed by atoms with Gasteiger partial charge in [-0.2, -0.15) is 16.8 Å². The Morgan fingerprint density at radius 3 is 1.03 bits per heavy atom. The van der Waals surface area contributed by atoms with Gasteiger partial charge in [0.1, 0.15) is 0 Å². The third kappa shape index (κ3) is 9.05. The third-order valence-electron chi connectivity index (χ3n) is 3.63. The number of rotatable bonds is 2. The van der Waals surface area contributed by atoms with Crippen molar-refractivity contribution in [1.29, 1.82) is 0 Å². The maximum atomic E-state index is 10.5. The van der Waals surface area contributed by atoms with Crippen LogP contribution >= 0.6 is 0 Å². The SMILES string of the molecule is Cc1ccc(S(=O)(=O)O)cc1.Cc1ccc(S(=O)(=O)O)cc1.Nc1ccccc1N. The van der Waals surface area contributed by atoms with E-state index in [4.69, 9.17) is 20.6 Å². The van der Waals surface area contributed by atoms with E-state index in [9.17, 15) is 16.8 Å². The van der Waals surface area contributed by atoms with Crippen LogP contribution in [0.2, 0.25) is 0 Å². The van der Waals surface area contributed by atoms with E-state index in [2.05, 4.69) is 0 Å². The highest BCUT2D eigenvalue weighted by atomic mass is 32.2. The fraction of sp³-hybridized carbons (Fsp3) is 0.100. The third-order valence-corrected chi connectivity index (χ3v) is 5.37. The lowest BCUT2D eigenvalue weighted by Gasteiger charge is -1.95. The number of para-hydroxylation sites is 2. The molecule has 3 aromatic carbocycles. The number of hydrogen-bond donors (Lipinski definition) is 4. The van der Waals surface area contributed by atoms with Crippen LogP contribution in [0.25, 0.3) is 0 Å². The highest BCUT2D eigenvalue weighted by Crippen LogP contribution is 2.11. The molecule has 0 aromatic heterocycles. The van der Waals surface area contributed by atoms with Gasteiger partial charge in [0.15, 0.2) is 0 Å². The number of nitrogen functional groups attached to an aromatic ring is 2. The summed E-state index contributed by atoms with van der Waals surface area (Å²) in [5.41, 5.74) is 14.0. The monoisotopic (exact) mass is 452 g/mol. The van der Waals surface area contributed by atoms with Crippen molar-refractivity contribution in [3.05, 3.63) is 83.9 Å². The van der Waals surface area contributed by atoms with Crippen molar-refractivity contribution in [1.82, 2.24) is 0 Å². The first-order valence-electron chi connectivity index (χ1n) is 8.49. The Kier molecular flexibility index (Phi) is 8.99. The van der Waals surface area contributed by atoms with E-state index in [1.54, 1.807) is 36.4 Å². The number of anilines is 2. The smallest absolute Gasteiger partial charge is 0.294 e. The average molecular weight is 453 g/mol. The molecule has 3 aromatic rings. The van der Waals surface area contributed by atoms with E-state index in [-0.39, 0.29) is 9.79 Å². The molecule has 0 bridgehead atoms. The molecule has 0 unspecified atom stereocenters. The van der Waals surface area contributed by atoms with Gasteiger partial charge in [0, 0.05) is 0 Å². The molecule has 0 aliphatic rings. The zero-order valence-electron chi connectivity index (χ0n) is 16.4. The van der Waals surface area contributed by atoms with Crippen LogP contribution < -0.4 is 11.5 Å². The van der Waals surface area contributed by atoms with E-state index < -0.39 is 20.2 Å². The van der Waals surface area contributed by atoms with E-state index in [0.29, 0.717) is 11.4 Å². The van der Waals surface area contributed by atoms with Crippen LogP contribution in [-0.4, -0.2) is 25.9 Å². The molecule has 0 saturated carbocycles. The van der Waals surface area contributed by atoms with Crippen molar-refractivity contribution >= 4 is 31.6 Å². The van der Waals surface area contributed by atoms with Crippen molar-refractivity contribution in [3.63, 3.8) is 0 Å². The summed E-state index contributed by atoms with van der Waals surface area (Å²) in [7, 11) is -8.04. The predicted molar refractivity (Wildman–Crippen MR) is 117 cm³/mol. The number of benzene rings is 3. The number of aryl methyl sites for hydroxylation is 2. The van der Waals surface area contributed by atoms with Crippen LogP contribution in [0.1, 0.15) is 11.1 Å². The minimum absolute atomic E-state index is 0.0666. The Morgan fingerprint density at radius 1 is 0.567 bits per heavy atom. The second-order valence-electron chi connectivity index (χ2n) is 6.21. The maximum Gasteiger partial charge on any atom is 0.294 e. The predicted octanol–water partition coefficient (Wildman–Crippen LogP) is 3.33. The summed E-state index contributed by atoms with van der Waals surface area (Å²) in [6.45, 7) is 3.68. The van der Waals surface area contributed by atoms with Gasteiger partial charge in [0.2, 0.25) is 0 Å². The molecule has 0 heterocycles. The number of nitrogens with two attached hydrogens (primary N) is 2. The molecular formula is C20H24N2O6S2. The van der Waals surface area contributed by atoms with Gasteiger partial charge in [-0.15, -0.1) is 0 Å². The Bertz CT molecular complexity index is 1060. The topological polar surface area (TPSA) is 161 Å². The quantitative estimate of drug-likeness (QED) is 0.340. The lowest BCUT2D eigenvalue weighted by Crippen LogP contribution is -1.96. The molecule has 3 rings (SSSR count). The zero-order valence-corrected chi connectivity index (χ0v) is 18.1. The van der Waals surface area contributed by atoms with Gasteiger partial charge < -0.3 is 11.5 Å². The van der Waals surface area contributed by atoms with Crippen LogP contribution in [0, 0.1) is 13.8 Å². The molecule has 0 aliphatic carbocycles. The minimum atomic E-state index is -4.02. The van der Waals surface area contributed by atoms with E-state index in [0.717, 1.165) is 11.1 Å². The number of hydrogen-bond acceptors (Lipinski definition) is 6. The van der Waals surface area contributed by atoms with Crippen LogP contribution in [0.5, 0.6) is 0 Å². The highest BCUT2D eigenvalue weighted by molar-refractivity contribution is 7.86. The standard InChI is InChI=1S/2C7H8O3S.C6H8N2/c2*1-6-2-4-7(5-3-6)11(8,9)10;7-5-3-1-2-4-6(5)8/h2*2-5H,1H3,(H,8,9,10);1-4H,7-8H2. The fourth-order valence-corrected chi connectivity index (χ4v) is 2.89. The largest absolute Gasteiger partial charge is 0.397 e. The second-order valence-corrected chi connectivity index (χ2v) is 9.05. The summed E-state index contributed by atoms with van der Waals surface area (Å²) in [4.78, 5) is -0.133. The van der Waals surface area contributed by atoms with E-state index >= 15 is 0 Å². The van der Waals surface area contributed by atoms with Gasteiger partial charge in [-0.25, -0.2) is 0 Å². The molecule has 30 heavy (non-hydrogen) atoms. The first-order valence-corrected chi connectivity index (χ1v) is 11.4. The van der Waals surface area contributed by atoms with Gasteiger partial charge in [0.25, 0.3) is 20.2 Å². The van der Waals surface area contributed by atoms with Crippen LogP contribution in [0.15, 0.2) is 82.6 Å². The fourth-order valence-electron chi connectivity index (χ4n) is 1.93. The molecule has 0 amide bonds. The molecular weight excluding hydrogens is 428 g/mol. The van der Waals surface area contributed by atoms with Crippen LogP contribution in [0.4, 0.5) is 11.4 Å². The Morgan fingerprint density at radius 2 is 0.833 bits per heavy atom. The van der Waals surface area contributed by atoms with Crippen molar-refractivity contribution in [2.75, 3.05) is 11.5 Å². The summed E-state index contributed by atoms with van der Waals surface area (Å²) in [6, 6.07) is 19.2. The Labute approximate surface area is 176 Å². The zero-order chi connectivity index (χ0) is 22.9. The van der Waals surface area contributed by atoms with Crippen molar-refractivity contribution in [2.24, 2.45) is 0 Å². The summed E-state index contributed by atoms with van der Waals surface area (Å²) >= 11 is 0. The average Bonchev–Trinajstić information content (AvgIpc) is 2.64. The van der Waals surface area contributed by atoms with Crippen LogP contribution in [0.3, 0.4) is 0 Å². The maximum absolute atomic E-state index is 10.5. The van der Waals surface area contributed by atoms with Gasteiger partial charge in [-0.05, 0) is 50.2 Å². The van der Waals surface area contributed by atoms with E-state index in [1.165, 1.54) is 24.3 Å². The molecule has 10 heteroatoms. The summed E-state index contributed by atoms with van der Waals surface area (Å²) in [5.74, 6) is 0. The van der Waals surface area contributed by atoms with Crippen molar-refractivity contribution in [3.8, 4) is 0 Å². The highest BCUT2D eigenvalue weighted by Gasteiger charge is 2.07. The van der Waals surface area contributed by atoms with Crippen molar-refractivity contribution < 1.29 is 25.9 Å². The first kappa shape index (κ1) is 25.1. The summed E-state index contributed by atoms with van der Waals surface area (Å²) in [5, 5.41) is 0. The van der Waals surface area contributed by atoms with Gasteiger partial charge in [0.05, 0.1) is 21.2 Å². The Balaban J connectivity index is 0.000000228. The lowest BCUT2D eigenvalue weighted by molar-refractivity contribution is 0.481. The van der Waals surface area contributed by atoms with Crippen molar-refractivity contribution in [2.45, 2.75) is 23.6 Å². The molecule has 162 valence electrons. The minimum Gasteiger partial charge on any atom is -0.397 e. The second kappa shape index (κ2) is 10.7. The van der Waals surface area contributed by atoms with Crippen LogP contribution in [-0.2, 0) is 20.2 Å². The molecule has 0 aliphatic heterocycles. The molecule has 0 spiro atoms. The van der Waals surface area contributed by atoms with Gasteiger partial charge in [-0.3, -0.25) is 9.11 Å². The summed E-state index contributed by atoms with van der Waals surface area (Å²) < 4.78 is 59.1. The molecule has 0 atom stereocenters. The molecule has 0 radical (unpaired) electrons. The van der Waals surface area contributed by atoms with E-state index in [1.807, 2.05) is 26.0 Å². The Hall–Kier alpha value is -2.92. The first-order chi connectivity index (χ1) is 13.8. The van der Waals surface area contributed by atoms with Gasteiger partial charge in [-0.1, -0.05) is 47.5 Å². The normalized spacial score (nSPS) is 10.8. The molecule has 6 N–H and O–H groups in total. The lowest BCUT2D eigenvalue weighted by atomic mass is 10.2. The molecule has 0 saturated heterocycles.